The lowest BCUT2D eigenvalue weighted by Crippen LogP contribution is -2.44. The number of hydrogen-bond donors (Lipinski definition) is 2. The van der Waals surface area contributed by atoms with Crippen LogP contribution in [-0.2, 0) is 23.6 Å². The minimum absolute atomic E-state index is 0.0976. The molecule has 6 nitrogen and oxygen atoms in total. The second-order valence-electron chi connectivity index (χ2n) is 9.17. The van der Waals surface area contributed by atoms with Crippen LogP contribution >= 0.6 is 11.8 Å². The monoisotopic (exact) mass is 553 g/mol. The first-order chi connectivity index (χ1) is 17.9. The van der Waals surface area contributed by atoms with Crippen LogP contribution in [0.2, 0.25) is 0 Å². The number of alkyl halides is 6. The Morgan fingerprint density at radius 2 is 1.89 bits per heavy atom. The van der Waals surface area contributed by atoms with Crippen LogP contribution < -0.4 is 5.73 Å². The van der Waals surface area contributed by atoms with Crippen molar-refractivity contribution >= 4 is 39.3 Å². The van der Waals surface area contributed by atoms with E-state index in [4.69, 9.17) is 5.73 Å². The number of allylic oxidation sites excluding steroid dienone is 1. The maximum atomic E-state index is 13.9. The summed E-state index contributed by atoms with van der Waals surface area (Å²) in [6.45, 7) is 1.12. The zero-order valence-electron chi connectivity index (χ0n) is 19.7. The Morgan fingerprint density at radius 3 is 2.61 bits per heavy atom. The number of fused-ring (bicyclic) bond motifs is 1. The molecular formula is C25H21F6N5OS. The number of thioether (sulfide) groups is 1. The van der Waals surface area contributed by atoms with Crippen LogP contribution in [0.5, 0.6) is 0 Å². The molecule has 1 aromatic heterocycles. The molecule has 0 bridgehead atoms. The minimum atomic E-state index is -5.04. The summed E-state index contributed by atoms with van der Waals surface area (Å²) in [5.74, 6) is -0.619. The zero-order chi connectivity index (χ0) is 27.2. The van der Waals surface area contributed by atoms with Crippen LogP contribution in [0.25, 0.3) is 16.5 Å². The Morgan fingerprint density at radius 1 is 1.11 bits per heavy atom. The first kappa shape index (κ1) is 26.3. The molecule has 0 radical (unpaired) electrons. The molecule has 2 aliphatic rings. The maximum Gasteiger partial charge on any atom is 0.416 e. The fraction of sp³-hybridized carbons (Fsp3) is 0.320. The number of aromatic amines is 1. The Hall–Kier alpha value is -3.32. The van der Waals surface area contributed by atoms with E-state index in [1.807, 2.05) is 4.90 Å². The van der Waals surface area contributed by atoms with E-state index in [1.54, 1.807) is 18.2 Å². The van der Waals surface area contributed by atoms with Crippen LogP contribution in [0.4, 0.5) is 26.3 Å². The van der Waals surface area contributed by atoms with Gasteiger partial charge in [0.1, 0.15) is 0 Å². The molecular weight excluding hydrogens is 532 g/mol. The highest BCUT2D eigenvalue weighted by Gasteiger charge is 2.39. The van der Waals surface area contributed by atoms with Gasteiger partial charge in [0.2, 0.25) is 0 Å². The first-order valence-electron chi connectivity index (χ1n) is 11.7. The molecule has 2 aromatic carbocycles. The van der Waals surface area contributed by atoms with Gasteiger partial charge in [0.05, 0.1) is 27.7 Å². The first-order valence-corrected chi connectivity index (χ1v) is 12.5. The predicted molar refractivity (Wildman–Crippen MR) is 132 cm³/mol. The highest BCUT2D eigenvalue weighted by Crippen LogP contribution is 2.42. The summed E-state index contributed by atoms with van der Waals surface area (Å²) in [6.07, 6.45) is -7.26. The molecule has 0 unspecified atom stereocenters. The second-order valence-corrected chi connectivity index (χ2v) is 10.2. The fourth-order valence-corrected chi connectivity index (χ4v) is 5.66. The molecule has 0 saturated carbocycles. The number of H-pyrrole nitrogens is 1. The van der Waals surface area contributed by atoms with Gasteiger partial charge in [-0.3, -0.25) is 9.89 Å². The fourth-order valence-electron chi connectivity index (χ4n) is 4.61. The molecule has 0 aliphatic carbocycles. The van der Waals surface area contributed by atoms with E-state index in [1.165, 1.54) is 6.20 Å². The number of carbonyl (C=O) groups is 1. The SMILES string of the molecule is N[C@@H]1CCCN(C2=NC(=O)C(=C(Cc3ccc(C(F)(F)F)cc3C(F)(F)F)c3ccc4[nH]ncc4c3)S2)C1. The van der Waals surface area contributed by atoms with Gasteiger partial charge in [-0.1, -0.05) is 12.1 Å². The number of carbonyl (C=O) groups excluding carboxylic acids is 1. The number of likely N-dealkylation sites (tertiary alicyclic amines) is 1. The lowest BCUT2D eigenvalue weighted by Gasteiger charge is -2.31. The topological polar surface area (TPSA) is 87.4 Å². The summed E-state index contributed by atoms with van der Waals surface area (Å²) in [5.41, 5.74) is 4.21. The van der Waals surface area contributed by atoms with E-state index < -0.39 is 35.8 Å². The number of aromatic nitrogens is 2. The quantitative estimate of drug-likeness (QED) is 0.326. The van der Waals surface area contributed by atoms with Gasteiger partial charge in [-0.15, -0.1) is 0 Å². The molecule has 1 saturated heterocycles. The molecule has 13 heteroatoms. The van der Waals surface area contributed by atoms with E-state index in [0.29, 0.717) is 40.8 Å². The lowest BCUT2D eigenvalue weighted by atomic mass is 9.92. The third-order valence-electron chi connectivity index (χ3n) is 6.49. The van der Waals surface area contributed by atoms with Crippen LogP contribution in [0.3, 0.4) is 0 Å². The maximum absolute atomic E-state index is 13.9. The van der Waals surface area contributed by atoms with Crippen molar-refractivity contribution in [1.82, 2.24) is 15.1 Å². The van der Waals surface area contributed by atoms with E-state index >= 15 is 0 Å². The summed E-state index contributed by atoms with van der Waals surface area (Å²) < 4.78 is 81.4. The van der Waals surface area contributed by atoms with Gasteiger partial charge in [0.15, 0.2) is 5.17 Å². The molecule has 5 rings (SSSR count). The second kappa shape index (κ2) is 9.77. The molecule has 1 atom stereocenters. The largest absolute Gasteiger partial charge is 0.416 e. The van der Waals surface area contributed by atoms with Gasteiger partial charge >= 0.3 is 12.4 Å². The predicted octanol–water partition coefficient (Wildman–Crippen LogP) is 5.61. The Balaban J connectivity index is 1.60. The molecule has 3 aromatic rings. The van der Waals surface area contributed by atoms with Gasteiger partial charge in [0.25, 0.3) is 5.91 Å². The van der Waals surface area contributed by atoms with Crippen molar-refractivity contribution < 1.29 is 31.1 Å². The number of hydrogen-bond acceptors (Lipinski definition) is 5. The van der Waals surface area contributed by atoms with Crippen molar-refractivity contribution in [2.75, 3.05) is 13.1 Å². The molecule has 1 fully saturated rings. The number of nitrogens with one attached hydrogen (secondary N) is 1. The summed E-state index contributed by atoms with van der Waals surface area (Å²) >= 11 is 1.04. The van der Waals surface area contributed by atoms with Crippen molar-refractivity contribution in [2.45, 2.75) is 37.7 Å². The summed E-state index contributed by atoms with van der Waals surface area (Å²) in [5, 5.41) is 7.79. The van der Waals surface area contributed by atoms with Crippen LogP contribution in [-0.4, -0.2) is 45.3 Å². The lowest BCUT2D eigenvalue weighted by molar-refractivity contribution is -0.143. The third kappa shape index (κ3) is 5.30. The van der Waals surface area contributed by atoms with Crippen molar-refractivity contribution in [1.29, 1.82) is 0 Å². The molecule has 1 amide bonds. The third-order valence-corrected chi connectivity index (χ3v) is 7.64. The number of rotatable bonds is 3. The van der Waals surface area contributed by atoms with E-state index in [9.17, 15) is 31.1 Å². The van der Waals surface area contributed by atoms with Crippen LogP contribution in [0.15, 0.2) is 52.5 Å². The smallest absolute Gasteiger partial charge is 0.349 e. The van der Waals surface area contributed by atoms with Crippen molar-refractivity contribution in [3.8, 4) is 0 Å². The molecule has 3 N–H and O–H groups in total. The van der Waals surface area contributed by atoms with Gasteiger partial charge < -0.3 is 10.6 Å². The molecule has 0 spiro atoms. The average molecular weight is 554 g/mol. The number of halogens is 6. The number of amides is 1. The van der Waals surface area contributed by atoms with Crippen molar-refractivity contribution in [3.63, 3.8) is 0 Å². The average Bonchev–Trinajstić information content (AvgIpc) is 3.47. The molecule has 38 heavy (non-hydrogen) atoms. The number of nitrogens with zero attached hydrogens (tertiary/aromatic N) is 3. The van der Waals surface area contributed by atoms with Gasteiger partial charge in [-0.2, -0.15) is 36.4 Å². The highest BCUT2D eigenvalue weighted by atomic mass is 32.2. The van der Waals surface area contributed by atoms with Crippen molar-refractivity contribution in [3.05, 3.63) is 69.8 Å². The summed E-state index contributed by atoms with van der Waals surface area (Å²) in [6, 6.07) is 6.41. The summed E-state index contributed by atoms with van der Waals surface area (Å²) in [7, 11) is 0. The van der Waals surface area contributed by atoms with Crippen molar-refractivity contribution in [2.24, 2.45) is 10.7 Å². The van der Waals surface area contributed by atoms with E-state index in [2.05, 4.69) is 15.2 Å². The van der Waals surface area contributed by atoms with Gasteiger partial charge in [0, 0.05) is 24.5 Å². The number of piperidine rings is 1. The van der Waals surface area contributed by atoms with E-state index in [0.717, 1.165) is 30.7 Å². The zero-order valence-corrected chi connectivity index (χ0v) is 20.5. The number of nitrogens with two attached hydrogens (primary N) is 1. The Bertz CT molecular complexity index is 1460. The van der Waals surface area contributed by atoms with Crippen LogP contribution in [0, 0.1) is 0 Å². The standard InChI is InChI=1S/C25H21F6N5OS/c26-24(27,28)16-5-3-14(19(10-16)25(29,30)31)9-18(13-4-6-20-15(8-13)11-33-35-20)21-22(37)34-23(38-21)36-7-1-2-17(32)12-36/h3-6,8,10-11,17H,1-2,7,9,12,32H2,(H,33,35)/t17-/m1/s1. The van der Waals surface area contributed by atoms with Gasteiger partial charge in [-0.05, 0) is 72.0 Å². The number of amidine groups is 1. The molecule has 3 heterocycles. The normalized spacial score (nSPS) is 20.3. The van der Waals surface area contributed by atoms with Gasteiger partial charge in [-0.25, -0.2) is 0 Å². The number of aliphatic imine (C=N–C) groups is 1. The Kier molecular flexibility index (Phi) is 6.76. The Labute approximate surface area is 217 Å². The van der Waals surface area contributed by atoms with E-state index in [-0.39, 0.29) is 28.1 Å². The number of benzene rings is 2. The molecule has 2 aliphatic heterocycles. The molecule has 200 valence electrons. The highest BCUT2D eigenvalue weighted by molar-refractivity contribution is 8.18. The minimum Gasteiger partial charge on any atom is -0.349 e. The van der Waals surface area contributed by atoms with Crippen LogP contribution in [0.1, 0.15) is 35.1 Å². The summed E-state index contributed by atoms with van der Waals surface area (Å²) in [4.78, 5) is 19.2.